The highest BCUT2D eigenvalue weighted by Crippen LogP contribution is 2.23. The van der Waals surface area contributed by atoms with Crippen molar-refractivity contribution in [2.75, 3.05) is 13.1 Å². The summed E-state index contributed by atoms with van der Waals surface area (Å²) >= 11 is 0. The third kappa shape index (κ3) is 2.26. The molecule has 1 N–H and O–H groups in total. The molecule has 120 valence electrons. The summed E-state index contributed by atoms with van der Waals surface area (Å²) in [5.41, 5.74) is 1.89. The molecule has 0 spiro atoms. The first-order valence-corrected chi connectivity index (χ1v) is 7.52. The van der Waals surface area contributed by atoms with Crippen LogP contribution in [-0.2, 0) is 13.0 Å². The third-order valence-corrected chi connectivity index (χ3v) is 4.16. The Morgan fingerprint density at radius 3 is 3.00 bits per heavy atom. The van der Waals surface area contributed by atoms with E-state index in [1.807, 2.05) is 4.90 Å². The Balaban J connectivity index is 1.90. The SMILES string of the molecule is N#CCN1CCc2[nH]c(=O)n3nc(-c4ccccc4F)nc3c2C1. The van der Waals surface area contributed by atoms with Gasteiger partial charge in [-0.25, -0.2) is 14.2 Å². The highest BCUT2D eigenvalue weighted by molar-refractivity contribution is 5.61. The van der Waals surface area contributed by atoms with Crippen molar-refractivity contribution in [2.45, 2.75) is 13.0 Å². The normalized spacial score (nSPS) is 14.5. The Bertz CT molecular complexity index is 1030. The third-order valence-electron chi connectivity index (χ3n) is 4.16. The van der Waals surface area contributed by atoms with E-state index in [2.05, 4.69) is 21.1 Å². The minimum absolute atomic E-state index is 0.171. The summed E-state index contributed by atoms with van der Waals surface area (Å²) in [6.45, 7) is 1.50. The van der Waals surface area contributed by atoms with E-state index < -0.39 is 11.5 Å². The number of nitrogens with zero attached hydrogens (tertiary/aromatic N) is 5. The van der Waals surface area contributed by atoms with Gasteiger partial charge in [0, 0.05) is 30.8 Å². The largest absolute Gasteiger partial charge is 0.348 e. The number of benzene rings is 1. The highest BCUT2D eigenvalue weighted by atomic mass is 19.1. The lowest BCUT2D eigenvalue weighted by atomic mass is 10.1. The molecule has 4 rings (SSSR count). The van der Waals surface area contributed by atoms with Crippen LogP contribution in [0, 0.1) is 17.1 Å². The molecule has 0 aliphatic carbocycles. The van der Waals surface area contributed by atoms with Crippen LogP contribution in [0.3, 0.4) is 0 Å². The summed E-state index contributed by atoms with van der Waals surface area (Å²) in [5, 5.41) is 13.0. The average molecular weight is 324 g/mol. The van der Waals surface area contributed by atoms with E-state index in [4.69, 9.17) is 5.26 Å². The summed E-state index contributed by atoms with van der Waals surface area (Å²) in [5.74, 6) is -0.269. The van der Waals surface area contributed by atoms with Gasteiger partial charge in [0.1, 0.15) is 5.82 Å². The van der Waals surface area contributed by atoms with Crippen molar-refractivity contribution in [3.63, 3.8) is 0 Å². The lowest BCUT2D eigenvalue weighted by Crippen LogP contribution is -2.34. The minimum Gasteiger partial charge on any atom is -0.309 e. The summed E-state index contributed by atoms with van der Waals surface area (Å²) < 4.78 is 15.1. The van der Waals surface area contributed by atoms with Crippen LogP contribution >= 0.6 is 0 Å². The van der Waals surface area contributed by atoms with E-state index in [0.29, 0.717) is 31.7 Å². The first-order chi connectivity index (χ1) is 11.7. The molecule has 3 heterocycles. The molecule has 1 aliphatic rings. The number of nitrogens with one attached hydrogen (secondary N) is 1. The molecule has 0 atom stereocenters. The molecule has 0 saturated carbocycles. The molecule has 0 radical (unpaired) electrons. The predicted octanol–water partition coefficient (Wildman–Crippen LogP) is 1.11. The van der Waals surface area contributed by atoms with Crippen molar-refractivity contribution in [1.29, 1.82) is 5.26 Å². The second-order valence-corrected chi connectivity index (χ2v) is 5.66. The van der Waals surface area contributed by atoms with E-state index in [1.165, 1.54) is 6.07 Å². The number of aromatic amines is 1. The van der Waals surface area contributed by atoms with Crippen molar-refractivity contribution < 1.29 is 4.39 Å². The molecule has 3 aromatic rings. The lowest BCUT2D eigenvalue weighted by Gasteiger charge is -2.25. The smallest absolute Gasteiger partial charge is 0.309 e. The summed E-state index contributed by atoms with van der Waals surface area (Å²) in [6.07, 6.45) is 0.630. The number of nitriles is 1. The molecule has 0 amide bonds. The van der Waals surface area contributed by atoms with Crippen LogP contribution < -0.4 is 5.69 Å². The highest BCUT2D eigenvalue weighted by Gasteiger charge is 2.23. The van der Waals surface area contributed by atoms with Gasteiger partial charge < -0.3 is 4.98 Å². The average Bonchev–Trinajstić information content (AvgIpc) is 3.02. The molecule has 0 unspecified atom stereocenters. The zero-order valence-electron chi connectivity index (χ0n) is 12.7. The molecular formula is C16H13FN6O. The van der Waals surface area contributed by atoms with Crippen LogP contribution in [-0.4, -0.2) is 37.6 Å². The zero-order chi connectivity index (χ0) is 16.7. The van der Waals surface area contributed by atoms with Gasteiger partial charge in [-0.1, -0.05) is 12.1 Å². The summed E-state index contributed by atoms with van der Waals surface area (Å²) in [7, 11) is 0. The van der Waals surface area contributed by atoms with Gasteiger partial charge in [0.15, 0.2) is 11.5 Å². The summed E-state index contributed by atoms with van der Waals surface area (Å²) in [6, 6.07) is 8.31. The quantitative estimate of drug-likeness (QED) is 0.713. The molecular weight excluding hydrogens is 311 g/mol. The number of halogens is 1. The van der Waals surface area contributed by atoms with E-state index in [0.717, 1.165) is 15.8 Å². The molecule has 0 bridgehead atoms. The first-order valence-electron chi connectivity index (χ1n) is 7.52. The van der Waals surface area contributed by atoms with Crippen LogP contribution in [0.5, 0.6) is 0 Å². The van der Waals surface area contributed by atoms with E-state index in [-0.39, 0.29) is 11.4 Å². The van der Waals surface area contributed by atoms with Crippen molar-refractivity contribution in [3.05, 3.63) is 51.8 Å². The van der Waals surface area contributed by atoms with Crippen molar-refractivity contribution in [1.82, 2.24) is 24.5 Å². The van der Waals surface area contributed by atoms with Gasteiger partial charge in [0.2, 0.25) is 0 Å². The van der Waals surface area contributed by atoms with Gasteiger partial charge in [-0.3, -0.25) is 4.90 Å². The van der Waals surface area contributed by atoms with Gasteiger partial charge in [-0.15, -0.1) is 5.10 Å². The standard InChI is InChI=1S/C16H13FN6O/c17-12-4-2-1-3-10(12)14-20-15-11-9-22(8-6-18)7-5-13(11)19-16(24)23(15)21-14/h1-4H,5,7-9H2,(H,19,24). The number of aromatic nitrogens is 4. The maximum Gasteiger partial charge on any atom is 0.348 e. The van der Waals surface area contributed by atoms with Gasteiger partial charge in [0.05, 0.1) is 18.2 Å². The van der Waals surface area contributed by atoms with Gasteiger partial charge in [0.25, 0.3) is 0 Å². The van der Waals surface area contributed by atoms with Gasteiger partial charge >= 0.3 is 5.69 Å². The second-order valence-electron chi connectivity index (χ2n) is 5.66. The van der Waals surface area contributed by atoms with Crippen molar-refractivity contribution >= 4 is 5.65 Å². The Labute approximate surface area is 136 Å². The maximum absolute atomic E-state index is 14.0. The topological polar surface area (TPSA) is 90.1 Å². The number of hydrogen-bond acceptors (Lipinski definition) is 5. The fourth-order valence-electron chi connectivity index (χ4n) is 2.99. The molecule has 8 heteroatoms. The second kappa shape index (κ2) is 5.54. The van der Waals surface area contributed by atoms with Crippen LogP contribution in [0.25, 0.3) is 17.0 Å². The fourth-order valence-corrected chi connectivity index (χ4v) is 2.99. The number of H-pyrrole nitrogens is 1. The molecule has 0 saturated heterocycles. The zero-order valence-corrected chi connectivity index (χ0v) is 12.7. The predicted molar refractivity (Wildman–Crippen MR) is 83.6 cm³/mol. The molecule has 1 aromatic carbocycles. The fraction of sp³-hybridized carbons (Fsp3) is 0.250. The van der Waals surface area contributed by atoms with Crippen molar-refractivity contribution in [3.8, 4) is 17.5 Å². The Kier molecular flexibility index (Phi) is 3.36. The molecule has 1 aliphatic heterocycles. The summed E-state index contributed by atoms with van der Waals surface area (Å²) in [4.78, 5) is 21.4. The van der Waals surface area contributed by atoms with E-state index in [1.54, 1.807) is 18.2 Å². The monoisotopic (exact) mass is 324 g/mol. The molecule has 24 heavy (non-hydrogen) atoms. The Morgan fingerprint density at radius 2 is 2.21 bits per heavy atom. The number of rotatable bonds is 2. The minimum atomic E-state index is -0.440. The van der Waals surface area contributed by atoms with Crippen LogP contribution in [0.15, 0.2) is 29.1 Å². The van der Waals surface area contributed by atoms with Crippen LogP contribution in [0.1, 0.15) is 11.3 Å². The van der Waals surface area contributed by atoms with E-state index >= 15 is 0 Å². The van der Waals surface area contributed by atoms with Crippen molar-refractivity contribution in [2.24, 2.45) is 0 Å². The van der Waals surface area contributed by atoms with Gasteiger partial charge in [-0.05, 0) is 12.1 Å². The van der Waals surface area contributed by atoms with E-state index in [9.17, 15) is 9.18 Å². The molecule has 0 fully saturated rings. The molecule has 7 nitrogen and oxygen atoms in total. The first kappa shape index (κ1) is 14.5. The molecule has 2 aromatic heterocycles. The Morgan fingerprint density at radius 1 is 1.38 bits per heavy atom. The van der Waals surface area contributed by atoms with Crippen LogP contribution in [0.2, 0.25) is 0 Å². The Hall–Kier alpha value is -3.05. The van der Waals surface area contributed by atoms with Gasteiger partial charge in [-0.2, -0.15) is 9.78 Å². The number of fused-ring (bicyclic) bond motifs is 3. The van der Waals surface area contributed by atoms with Crippen LogP contribution in [0.4, 0.5) is 4.39 Å². The number of hydrogen-bond donors (Lipinski definition) is 1. The maximum atomic E-state index is 14.0. The lowest BCUT2D eigenvalue weighted by molar-refractivity contribution is 0.282.